The predicted octanol–water partition coefficient (Wildman–Crippen LogP) is 5.11. The number of benzene rings is 1. The summed E-state index contributed by atoms with van der Waals surface area (Å²) in [4.78, 5) is 4.37. The summed E-state index contributed by atoms with van der Waals surface area (Å²) in [6.07, 6.45) is 10.6. The van der Waals surface area contributed by atoms with Crippen molar-refractivity contribution in [3.05, 3.63) is 47.1 Å². The van der Waals surface area contributed by atoms with E-state index in [2.05, 4.69) is 16.4 Å². The lowest BCUT2D eigenvalue weighted by Crippen LogP contribution is -2.22. The van der Waals surface area contributed by atoms with E-state index < -0.39 is 0 Å². The molecule has 25 heavy (non-hydrogen) atoms. The van der Waals surface area contributed by atoms with Gasteiger partial charge in [0, 0.05) is 17.5 Å². The summed E-state index contributed by atoms with van der Waals surface area (Å²) in [5.74, 6) is 2.51. The van der Waals surface area contributed by atoms with Crippen molar-refractivity contribution >= 4 is 11.6 Å². The average Bonchev–Trinajstić information content (AvgIpc) is 3.35. The highest BCUT2D eigenvalue weighted by Crippen LogP contribution is 2.41. The standard InChI is InChI=1S/C20H25ClN2O2/c21-16-6-7-18(17(12-16)14-4-2-1-3-5-14)25-19(15-8-9-22-13-15)20-23-10-11-24-20/h6-7,10-12,14-15,19,22H,1-5,8-9,13H2/t15-,19?/m0/s1. The van der Waals surface area contributed by atoms with Crippen LogP contribution in [0, 0.1) is 5.92 Å². The van der Waals surface area contributed by atoms with E-state index in [-0.39, 0.29) is 6.10 Å². The molecule has 2 aromatic rings. The first-order chi connectivity index (χ1) is 12.3. The number of nitrogens with zero attached hydrogens (tertiary/aromatic N) is 1. The zero-order chi connectivity index (χ0) is 17.1. The van der Waals surface area contributed by atoms with Gasteiger partial charge in [0.05, 0.1) is 6.20 Å². The van der Waals surface area contributed by atoms with Gasteiger partial charge in [-0.2, -0.15) is 0 Å². The summed E-state index contributed by atoms with van der Waals surface area (Å²) in [7, 11) is 0. The van der Waals surface area contributed by atoms with Crippen LogP contribution < -0.4 is 10.1 Å². The highest BCUT2D eigenvalue weighted by Gasteiger charge is 2.32. The van der Waals surface area contributed by atoms with Gasteiger partial charge >= 0.3 is 0 Å². The van der Waals surface area contributed by atoms with Crippen LogP contribution in [0.1, 0.15) is 62.0 Å². The van der Waals surface area contributed by atoms with E-state index in [1.807, 2.05) is 12.1 Å². The van der Waals surface area contributed by atoms with E-state index in [0.717, 1.165) is 30.3 Å². The molecule has 1 N–H and O–H groups in total. The maximum Gasteiger partial charge on any atom is 0.235 e. The van der Waals surface area contributed by atoms with Crippen LogP contribution in [0.15, 0.2) is 35.1 Å². The molecule has 2 fully saturated rings. The fourth-order valence-corrected chi connectivity index (χ4v) is 4.34. The molecular formula is C20H25ClN2O2. The summed E-state index contributed by atoms with van der Waals surface area (Å²) in [5.41, 5.74) is 1.25. The smallest absolute Gasteiger partial charge is 0.235 e. The summed E-state index contributed by atoms with van der Waals surface area (Å²) >= 11 is 6.30. The Labute approximate surface area is 153 Å². The molecule has 4 rings (SSSR count). The maximum atomic E-state index is 6.53. The van der Waals surface area contributed by atoms with E-state index in [1.165, 1.54) is 37.7 Å². The minimum Gasteiger partial charge on any atom is -0.480 e. The van der Waals surface area contributed by atoms with Crippen molar-refractivity contribution in [2.45, 2.75) is 50.5 Å². The third kappa shape index (κ3) is 3.85. The quantitative estimate of drug-likeness (QED) is 0.805. The molecule has 1 unspecified atom stereocenters. The molecule has 1 aliphatic heterocycles. The van der Waals surface area contributed by atoms with Gasteiger partial charge < -0.3 is 14.5 Å². The van der Waals surface area contributed by atoms with Crippen molar-refractivity contribution in [3.8, 4) is 5.75 Å². The first-order valence-electron chi connectivity index (χ1n) is 9.37. The molecule has 0 radical (unpaired) electrons. The SMILES string of the molecule is Clc1ccc(OC(c2ncco2)[C@H]2CCNC2)c(C2CCCCC2)c1. The molecule has 1 aromatic carbocycles. The van der Waals surface area contributed by atoms with Crippen LogP contribution in [-0.2, 0) is 0 Å². The van der Waals surface area contributed by atoms with Crippen LogP contribution in [0.4, 0.5) is 0 Å². The number of aromatic nitrogens is 1. The molecule has 1 saturated heterocycles. The Hall–Kier alpha value is -1.52. The topological polar surface area (TPSA) is 47.3 Å². The van der Waals surface area contributed by atoms with Crippen LogP contribution in [0.3, 0.4) is 0 Å². The van der Waals surface area contributed by atoms with Crippen LogP contribution in [0.5, 0.6) is 5.75 Å². The normalized spacial score (nSPS) is 22.8. The number of oxazole rings is 1. The second-order valence-electron chi connectivity index (χ2n) is 7.18. The van der Waals surface area contributed by atoms with E-state index in [9.17, 15) is 0 Å². The average molecular weight is 361 g/mol. The Kier molecular flexibility index (Phi) is 5.28. The van der Waals surface area contributed by atoms with Gasteiger partial charge in [0.1, 0.15) is 12.0 Å². The van der Waals surface area contributed by atoms with Crippen molar-refractivity contribution in [1.29, 1.82) is 0 Å². The second kappa shape index (κ2) is 7.79. The Morgan fingerprint density at radius 3 is 2.80 bits per heavy atom. The molecule has 0 amide bonds. The highest BCUT2D eigenvalue weighted by atomic mass is 35.5. The summed E-state index contributed by atoms with van der Waals surface area (Å²) in [6.45, 7) is 1.95. The van der Waals surface area contributed by atoms with Gasteiger partial charge in [0.25, 0.3) is 0 Å². The molecular weight excluding hydrogens is 336 g/mol. The predicted molar refractivity (Wildman–Crippen MR) is 98.1 cm³/mol. The van der Waals surface area contributed by atoms with E-state index in [0.29, 0.717) is 17.7 Å². The van der Waals surface area contributed by atoms with Gasteiger partial charge in [-0.15, -0.1) is 0 Å². The number of nitrogens with one attached hydrogen (secondary N) is 1. The van der Waals surface area contributed by atoms with Gasteiger partial charge in [-0.05, 0) is 55.5 Å². The van der Waals surface area contributed by atoms with Gasteiger partial charge in [-0.1, -0.05) is 30.9 Å². The van der Waals surface area contributed by atoms with Crippen LogP contribution in [-0.4, -0.2) is 18.1 Å². The molecule has 4 nitrogen and oxygen atoms in total. The molecule has 5 heteroatoms. The summed E-state index contributed by atoms with van der Waals surface area (Å²) in [6, 6.07) is 6.03. The Bertz CT molecular complexity index is 677. The zero-order valence-electron chi connectivity index (χ0n) is 14.4. The van der Waals surface area contributed by atoms with Gasteiger partial charge in [0.2, 0.25) is 5.89 Å². The lowest BCUT2D eigenvalue weighted by molar-refractivity contribution is 0.112. The Morgan fingerprint density at radius 2 is 2.08 bits per heavy atom. The lowest BCUT2D eigenvalue weighted by Gasteiger charge is -2.27. The van der Waals surface area contributed by atoms with Gasteiger partial charge in [-0.25, -0.2) is 4.98 Å². The van der Waals surface area contributed by atoms with E-state index in [1.54, 1.807) is 12.5 Å². The lowest BCUT2D eigenvalue weighted by atomic mass is 9.83. The number of hydrogen-bond donors (Lipinski definition) is 1. The minimum absolute atomic E-state index is 0.159. The molecule has 2 aliphatic rings. The third-order valence-corrected chi connectivity index (χ3v) is 5.73. The monoisotopic (exact) mass is 360 g/mol. The van der Waals surface area contributed by atoms with Crippen molar-refractivity contribution in [3.63, 3.8) is 0 Å². The minimum atomic E-state index is -0.159. The highest BCUT2D eigenvalue weighted by molar-refractivity contribution is 6.30. The molecule has 2 atom stereocenters. The number of ether oxygens (including phenoxy) is 1. The number of hydrogen-bond acceptors (Lipinski definition) is 4. The Balaban J connectivity index is 1.63. The third-order valence-electron chi connectivity index (χ3n) is 5.49. The second-order valence-corrected chi connectivity index (χ2v) is 7.62. The van der Waals surface area contributed by atoms with Crippen molar-refractivity contribution in [2.75, 3.05) is 13.1 Å². The Morgan fingerprint density at radius 1 is 1.20 bits per heavy atom. The fraction of sp³-hybridized carbons (Fsp3) is 0.550. The maximum absolute atomic E-state index is 6.53. The fourth-order valence-electron chi connectivity index (χ4n) is 4.15. The van der Waals surface area contributed by atoms with Crippen LogP contribution in [0.25, 0.3) is 0 Å². The van der Waals surface area contributed by atoms with E-state index in [4.69, 9.17) is 20.8 Å². The largest absolute Gasteiger partial charge is 0.480 e. The van der Waals surface area contributed by atoms with Crippen molar-refractivity contribution in [2.24, 2.45) is 5.92 Å². The molecule has 1 saturated carbocycles. The van der Waals surface area contributed by atoms with Crippen LogP contribution in [0.2, 0.25) is 5.02 Å². The molecule has 1 aliphatic carbocycles. The first-order valence-corrected chi connectivity index (χ1v) is 9.75. The number of halogens is 1. The van der Waals surface area contributed by atoms with Gasteiger partial charge in [-0.3, -0.25) is 0 Å². The van der Waals surface area contributed by atoms with Crippen LogP contribution >= 0.6 is 11.6 Å². The molecule has 0 spiro atoms. The zero-order valence-corrected chi connectivity index (χ0v) is 15.2. The van der Waals surface area contributed by atoms with Crippen molar-refractivity contribution < 1.29 is 9.15 Å². The molecule has 2 heterocycles. The summed E-state index contributed by atoms with van der Waals surface area (Å²) < 4.78 is 12.1. The summed E-state index contributed by atoms with van der Waals surface area (Å²) in [5, 5.41) is 4.20. The van der Waals surface area contributed by atoms with Crippen molar-refractivity contribution in [1.82, 2.24) is 10.3 Å². The van der Waals surface area contributed by atoms with E-state index >= 15 is 0 Å². The molecule has 0 bridgehead atoms. The first kappa shape index (κ1) is 16.9. The van der Waals surface area contributed by atoms with Gasteiger partial charge in [0.15, 0.2) is 6.10 Å². The molecule has 1 aromatic heterocycles. The number of rotatable bonds is 5. The molecule has 134 valence electrons.